The molecule has 0 aromatic rings. The molecule has 0 aromatic carbocycles. The highest BCUT2D eigenvalue weighted by atomic mass is 32.3. The van der Waals surface area contributed by atoms with E-state index in [4.69, 9.17) is 14.3 Å². The quantitative estimate of drug-likeness (QED) is 0.298. The molecule has 0 amide bonds. The van der Waals surface area contributed by atoms with Crippen LogP contribution in [0.25, 0.3) is 10.4 Å². The molecule has 0 radical (unpaired) electrons. The van der Waals surface area contributed by atoms with E-state index in [9.17, 15) is 8.42 Å². The van der Waals surface area contributed by atoms with Gasteiger partial charge in [0.25, 0.3) is 0 Å². The molecule has 1 N–H and O–H groups in total. The molecule has 0 bridgehead atoms. The molecule has 4 aliphatic rings. The molecule has 4 rings (SSSR count). The number of azide groups is 1. The number of nitrogens with zero attached hydrogens (tertiary/aromatic N) is 3. The Labute approximate surface area is 168 Å². The summed E-state index contributed by atoms with van der Waals surface area (Å²) < 4.78 is 36.3. The first-order valence-electron chi connectivity index (χ1n) is 10.8. The smallest absolute Gasteiger partial charge is 0.264 e. The molecule has 4 unspecified atom stereocenters. The molecule has 8 heteroatoms. The molecule has 8 atom stereocenters. The first kappa shape index (κ1) is 20.5. The molecular formula is C20H33N3O4S. The van der Waals surface area contributed by atoms with Crippen molar-refractivity contribution in [2.24, 2.45) is 45.5 Å². The zero-order valence-electron chi connectivity index (χ0n) is 17.0. The van der Waals surface area contributed by atoms with E-state index in [1.165, 1.54) is 32.1 Å². The van der Waals surface area contributed by atoms with Crippen molar-refractivity contribution in [2.45, 2.75) is 77.7 Å². The maximum Gasteiger partial charge on any atom is 0.397 e. The zero-order chi connectivity index (χ0) is 20.2. The molecule has 0 spiro atoms. The standard InChI is InChI=1S/C20H33N3O4S/c1-19-9-7-15(27-28(24,25)26)11-13(19)3-5-16-17-6-4-14(12-22-23-21)20(17,2)10-8-18(16)19/h13-18H,3-12H2,1-2H3,(H,24,25,26)/t13-,14-,15?,16?,17?,18?,19+,20-/m1/s1. The molecule has 4 aliphatic carbocycles. The van der Waals surface area contributed by atoms with Crippen LogP contribution >= 0.6 is 0 Å². The summed E-state index contributed by atoms with van der Waals surface area (Å²) in [5.74, 6) is 3.12. The van der Waals surface area contributed by atoms with Gasteiger partial charge in [0, 0.05) is 11.5 Å². The Morgan fingerprint density at radius 3 is 2.50 bits per heavy atom. The van der Waals surface area contributed by atoms with Gasteiger partial charge in [-0.1, -0.05) is 19.0 Å². The third kappa shape index (κ3) is 3.36. The summed E-state index contributed by atoms with van der Waals surface area (Å²) in [4.78, 5) is 3.00. The Morgan fingerprint density at radius 1 is 1.07 bits per heavy atom. The van der Waals surface area contributed by atoms with Gasteiger partial charge in [0.1, 0.15) is 0 Å². The summed E-state index contributed by atoms with van der Waals surface area (Å²) in [7, 11) is -4.37. The normalized spacial score (nSPS) is 48.1. The molecule has 7 nitrogen and oxygen atoms in total. The van der Waals surface area contributed by atoms with Crippen LogP contribution in [0, 0.1) is 40.4 Å². The van der Waals surface area contributed by atoms with Gasteiger partial charge in [-0.3, -0.25) is 4.55 Å². The topological polar surface area (TPSA) is 112 Å². The fraction of sp³-hybridized carbons (Fsp3) is 1.00. The average molecular weight is 412 g/mol. The minimum atomic E-state index is -4.37. The van der Waals surface area contributed by atoms with E-state index >= 15 is 0 Å². The lowest BCUT2D eigenvalue weighted by Gasteiger charge is -2.61. The van der Waals surface area contributed by atoms with Crippen molar-refractivity contribution >= 4 is 10.4 Å². The average Bonchev–Trinajstić information content (AvgIpc) is 2.95. The predicted octanol–water partition coefficient (Wildman–Crippen LogP) is 5.14. The molecule has 0 saturated heterocycles. The van der Waals surface area contributed by atoms with Gasteiger partial charge >= 0.3 is 10.4 Å². The largest absolute Gasteiger partial charge is 0.397 e. The van der Waals surface area contributed by atoms with Crippen LogP contribution in [0.1, 0.15) is 71.6 Å². The molecule has 0 heterocycles. The summed E-state index contributed by atoms with van der Waals surface area (Å²) in [6.07, 6.45) is 9.22. The van der Waals surface area contributed by atoms with E-state index < -0.39 is 10.4 Å². The lowest BCUT2D eigenvalue weighted by Crippen LogP contribution is -2.54. The fourth-order valence-electron chi connectivity index (χ4n) is 8.02. The highest BCUT2D eigenvalue weighted by molar-refractivity contribution is 7.80. The summed E-state index contributed by atoms with van der Waals surface area (Å²) in [5.41, 5.74) is 9.28. The van der Waals surface area contributed by atoms with E-state index in [0.717, 1.165) is 31.1 Å². The third-order valence-corrected chi connectivity index (χ3v) is 9.95. The van der Waals surface area contributed by atoms with Crippen molar-refractivity contribution in [1.82, 2.24) is 0 Å². The second-order valence-corrected chi connectivity index (χ2v) is 11.4. The second-order valence-electron chi connectivity index (χ2n) is 10.3. The predicted molar refractivity (Wildman–Crippen MR) is 106 cm³/mol. The van der Waals surface area contributed by atoms with Gasteiger partial charge in [0.15, 0.2) is 0 Å². The highest BCUT2D eigenvalue weighted by Gasteiger charge is 2.60. The van der Waals surface area contributed by atoms with Gasteiger partial charge in [0.2, 0.25) is 0 Å². The van der Waals surface area contributed by atoms with Gasteiger partial charge in [-0.05, 0) is 104 Å². The summed E-state index contributed by atoms with van der Waals surface area (Å²) >= 11 is 0. The Bertz CT molecular complexity index is 767. The minimum Gasteiger partial charge on any atom is -0.264 e. The Hall–Kier alpha value is -0.820. The summed E-state index contributed by atoms with van der Waals surface area (Å²) in [6.45, 7) is 5.49. The van der Waals surface area contributed by atoms with Crippen molar-refractivity contribution in [3.8, 4) is 0 Å². The van der Waals surface area contributed by atoms with Crippen LogP contribution in [0.4, 0.5) is 0 Å². The number of fused-ring (bicyclic) bond motifs is 5. The Balaban J connectivity index is 1.51. The summed E-state index contributed by atoms with van der Waals surface area (Å²) in [5, 5.41) is 3.91. The van der Waals surface area contributed by atoms with Crippen LogP contribution in [0.5, 0.6) is 0 Å². The van der Waals surface area contributed by atoms with Crippen molar-refractivity contribution in [2.75, 3.05) is 6.54 Å². The van der Waals surface area contributed by atoms with E-state index in [0.29, 0.717) is 36.1 Å². The monoisotopic (exact) mass is 411 g/mol. The molecule has 0 aromatic heterocycles. The van der Waals surface area contributed by atoms with Gasteiger partial charge in [0.05, 0.1) is 6.10 Å². The van der Waals surface area contributed by atoms with Crippen LogP contribution in [0.2, 0.25) is 0 Å². The Kier molecular flexibility index (Phi) is 5.22. The van der Waals surface area contributed by atoms with Crippen LogP contribution in [-0.4, -0.2) is 25.6 Å². The maximum atomic E-state index is 11.1. The second kappa shape index (κ2) is 7.15. The van der Waals surface area contributed by atoms with Crippen molar-refractivity contribution in [1.29, 1.82) is 0 Å². The molecular weight excluding hydrogens is 378 g/mol. The minimum absolute atomic E-state index is 0.242. The Morgan fingerprint density at radius 2 is 1.79 bits per heavy atom. The number of hydrogen-bond acceptors (Lipinski definition) is 4. The van der Waals surface area contributed by atoms with Crippen LogP contribution in [0.3, 0.4) is 0 Å². The van der Waals surface area contributed by atoms with Crippen molar-refractivity contribution in [3.05, 3.63) is 10.4 Å². The van der Waals surface area contributed by atoms with Gasteiger partial charge in [-0.25, -0.2) is 4.18 Å². The lowest BCUT2D eigenvalue weighted by molar-refractivity contribution is -0.123. The van der Waals surface area contributed by atoms with Crippen LogP contribution in [-0.2, 0) is 14.6 Å². The molecule has 4 saturated carbocycles. The van der Waals surface area contributed by atoms with E-state index in [2.05, 4.69) is 23.9 Å². The van der Waals surface area contributed by atoms with Gasteiger partial charge in [-0.15, -0.1) is 0 Å². The molecule has 0 aliphatic heterocycles. The lowest BCUT2D eigenvalue weighted by atomic mass is 9.44. The molecule has 158 valence electrons. The van der Waals surface area contributed by atoms with Crippen LogP contribution < -0.4 is 0 Å². The third-order valence-electron chi connectivity index (χ3n) is 9.44. The van der Waals surface area contributed by atoms with Crippen molar-refractivity contribution < 1.29 is 17.2 Å². The highest BCUT2D eigenvalue weighted by Crippen LogP contribution is 2.67. The SMILES string of the molecule is C[C@]12CCC3C(CC[C@@H]4CC(OS(=O)(=O)O)CC[C@]34C)C1CC[C@@H]2CN=[N+]=[N-]. The first-order chi connectivity index (χ1) is 13.2. The number of hydrogen-bond donors (Lipinski definition) is 1. The van der Waals surface area contributed by atoms with Gasteiger partial charge in [-0.2, -0.15) is 8.42 Å². The van der Waals surface area contributed by atoms with Gasteiger partial charge < -0.3 is 0 Å². The summed E-state index contributed by atoms with van der Waals surface area (Å²) in [6, 6.07) is 0. The van der Waals surface area contributed by atoms with Crippen LogP contribution in [0.15, 0.2) is 5.11 Å². The van der Waals surface area contributed by atoms with E-state index in [1.54, 1.807) is 0 Å². The first-order valence-corrected chi connectivity index (χ1v) is 12.2. The van der Waals surface area contributed by atoms with E-state index in [-0.39, 0.29) is 11.5 Å². The molecule has 28 heavy (non-hydrogen) atoms. The maximum absolute atomic E-state index is 11.1. The molecule has 4 fully saturated rings. The zero-order valence-corrected chi connectivity index (χ0v) is 17.8. The van der Waals surface area contributed by atoms with E-state index in [1.807, 2.05) is 0 Å². The number of rotatable bonds is 4. The fourth-order valence-corrected chi connectivity index (χ4v) is 8.54. The van der Waals surface area contributed by atoms with Crippen molar-refractivity contribution in [3.63, 3.8) is 0 Å².